The number of aromatic nitrogens is 1. The number of nitrogens with one attached hydrogen (secondary N) is 1. The summed E-state index contributed by atoms with van der Waals surface area (Å²) in [5.41, 5.74) is 2.27. The van der Waals surface area contributed by atoms with Crippen molar-refractivity contribution in [2.45, 2.75) is 46.4 Å². The number of nitrogens with zero attached hydrogens (tertiary/aromatic N) is 3. The Labute approximate surface area is 213 Å². The summed E-state index contributed by atoms with van der Waals surface area (Å²) >= 11 is 1.27. The molecule has 9 heteroatoms. The van der Waals surface area contributed by atoms with Crippen LogP contribution >= 0.6 is 11.3 Å². The first-order valence-corrected chi connectivity index (χ1v) is 14.4. The van der Waals surface area contributed by atoms with Crippen molar-refractivity contribution in [3.63, 3.8) is 0 Å². The molecule has 0 radical (unpaired) electrons. The van der Waals surface area contributed by atoms with Crippen LogP contribution in [0.4, 0.5) is 10.8 Å². The summed E-state index contributed by atoms with van der Waals surface area (Å²) in [6.07, 6.45) is 0. The number of amides is 1. The molecule has 2 aromatic carbocycles. The summed E-state index contributed by atoms with van der Waals surface area (Å²) in [4.78, 5) is 19.7. The number of fused-ring (bicyclic) bond motifs is 1. The number of anilines is 2. The molecule has 1 heterocycles. The standard InChI is InChI=1S/C26H36N4O3S2/c1-7-29(8-2)21-11-9-20(10-12-21)25(31)28-26-27-23-14-13-22(15-24(23)34-26)35(32,33)30(16-18(3)4)17-19(5)6/h9-15,18-19H,7-8,16-17H2,1-6H3,(H,27,28,31). The number of carbonyl (C=O) groups is 1. The Kier molecular flexibility index (Phi) is 8.90. The van der Waals surface area contributed by atoms with Crippen molar-refractivity contribution >= 4 is 48.3 Å². The van der Waals surface area contributed by atoms with Crippen LogP contribution in [0.3, 0.4) is 0 Å². The smallest absolute Gasteiger partial charge is 0.257 e. The SMILES string of the molecule is CCN(CC)c1ccc(C(=O)Nc2nc3ccc(S(=O)(=O)N(CC(C)C)CC(C)C)cc3s2)cc1. The Balaban J connectivity index is 1.81. The van der Waals surface area contributed by atoms with E-state index in [0.29, 0.717) is 34.0 Å². The maximum Gasteiger partial charge on any atom is 0.257 e. The Morgan fingerprint density at radius 2 is 1.57 bits per heavy atom. The lowest BCUT2D eigenvalue weighted by Crippen LogP contribution is -2.37. The van der Waals surface area contributed by atoms with Crippen LogP contribution in [0.2, 0.25) is 0 Å². The minimum atomic E-state index is -3.63. The zero-order valence-electron chi connectivity index (χ0n) is 21.4. The summed E-state index contributed by atoms with van der Waals surface area (Å²) in [7, 11) is -3.63. The molecule has 0 saturated heterocycles. The highest BCUT2D eigenvalue weighted by molar-refractivity contribution is 7.89. The van der Waals surface area contributed by atoms with E-state index in [0.717, 1.165) is 18.8 Å². The first-order valence-electron chi connectivity index (χ1n) is 12.1. The average molecular weight is 517 g/mol. The first-order chi connectivity index (χ1) is 16.5. The lowest BCUT2D eigenvalue weighted by molar-refractivity contribution is 0.102. The molecule has 190 valence electrons. The lowest BCUT2D eigenvalue weighted by atomic mass is 10.2. The normalized spacial score (nSPS) is 12.1. The molecule has 0 spiro atoms. The molecule has 0 aliphatic rings. The van der Waals surface area contributed by atoms with Crippen molar-refractivity contribution in [1.82, 2.24) is 9.29 Å². The molecule has 0 bridgehead atoms. The van der Waals surface area contributed by atoms with Gasteiger partial charge in [-0.05, 0) is 68.1 Å². The van der Waals surface area contributed by atoms with Gasteiger partial charge in [-0.25, -0.2) is 13.4 Å². The topological polar surface area (TPSA) is 82.6 Å². The third kappa shape index (κ3) is 6.59. The fraction of sp³-hybridized carbons (Fsp3) is 0.462. The fourth-order valence-corrected chi connectivity index (χ4v) is 6.70. The maximum atomic E-state index is 13.4. The lowest BCUT2D eigenvalue weighted by Gasteiger charge is -2.25. The van der Waals surface area contributed by atoms with E-state index in [4.69, 9.17) is 0 Å². The van der Waals surface area contributed by atoms with E-state index in [-0.39, 0.29) is 22.6 Å². The van der Waals surface area contributed by atoms with E-state index in [1.807, 2.05) is 39.8 Å². The quantitative estimate of drug-likeness (QED) is 0.354. The van der Waals surface area contributed by atoms with Gasteiger partial charge in [0.2, 0.25) is 10.0 Å². The van der Waals surface area contributed by atoms with Gasteiger partial charge in [-0.3, -0.25) is 10.1 Å². The highest BCUT2D eigenvalue weighted by atomic mass is 32.2. The molecule has 3 rings (SSSR count). The number of hydrogen-bond acceptors (Lipinski definition) is 6. The van der Waals surface area contributed by atoms with Gasteiger partial charge in [0.15, 0.2) is 5.13 Å². The molecule has 7 nitrogen and oxygen atoms in total. The van der Waals surface area contributed by atoms with Gasteiger partial charge in [-0.15, -0.1) is 0 Å². The maximum absolute atomic E-state index is 13.4. The van der Waals surface area contributed by atoms with Crippen LogP contribution in [-0.2, 0) is 10.0 Å². The van der Waals surface area contributed by atoms with Gasteiger partial charge in [-0.2, -0.15) is 4.31 Å². The fourth-order valence-electron chi connectivity index (χ4n) is 3.93. The number of benzene rings is 2. The molecule has 0 aliphatic heterocycles. The van der Waals surface area contributed by atoms with E-state index >= 15 is 0 Å². The number of hydrogen-bond donors (Lipinski definition) is 1. The molecule has 1 amide bonds. The molecule has 0 saturated carbocycles. The molecular formula is C26H36N4O3S2. The summed E-state index contributed by atoms with van der Waals surface area (Å²) in [5.74, 6) is 0.195. The number of sulfonamides is 1. The minimum Gasteiger partial charge on any atom is -0.372 e. The van der Waals surface area contributed by atoms with Gasteiger partial charge in [-0.1, -0.05) is 39.0 Å². The van der Waals surface area contributed by atoms with Crippen LogP contribution in [0.1, 0.15) is 51.9 Å². The molecule has 1 N–H and O–H groups in total. The van der Waals surface area contributed by atoms with Crippen molar-refractivity contribution in [1.29, 1.82) is 0 Å². The van der Waals surface area contributed by atoms with E-state index in [2.05, 4.69) is 29.0 Å². The van der Waals surface area contributed by atoms with Gasteiger partial charge >= 0.3 is 0 Å². The van der Waals surface area contributed by atoms with Crippen LogP contribution < -0.4 is 10.2 Å². The molecule has 1 aromatic heterocycles. The third-order valence-electron chi connectivity index (χ3n) is 5.61. The molecule has 3 aromatic rings. The molecule has 0 aliphatic carbocycles. The Bertz CT molecular complexity index is 1240. The van der Waals surface area contributed by atoms with Crippen LogP contribution in [0.25, 0.3) is 10.2 Å². The predicted octanol–water partition coefficient (Wildman–Crippen LogP) is 5.70. The Hall–Kier alpha value is -2.49. The van der Waals surface area contributed by atoms with E-state index in [9.17, 15) is 13.2 Å². The van der Waals surface area contributed by atoms with Crippen molar-refractivity contribution in [2.24, 2.45) is 11.8 Å². The van der Waals surface area contributed by atoms with Crippen LogP contribution in [0, 0.1) is 11.8 Å². The van der Waals surface area contributed by atoms with E-state index < -0.39 is 10.0 Å². The Morgan fingerprint density at radius 3 is 2.11 bits per heavy atom. The van der Waals surface area contributed by atoms with E-state index in [1.54, 1.807) is 34.6 Å². The highest BCUT2D eigenvalue weighted by Gasteiger charge is 2.26. The predicted molar refractivity (Wildman–Crippen MR) is 146 cm³/mol. The second kappa shape index (κ2) is 11.5. The van der Waals surface area contributed by atoms with Crippen molar-refractivity contribution in [3.05, 3.63) is 48.0 Å². The summed E-state index contributed by atoms with van der Waals surface area (Å²) in [6.45, 7) is 15.0. The van der Waals surface area contributed by atoms with Gasteiger partial charge in [0.1, 0.15) is 0 Å². The van der Waals surface area contributed by atoms with E-state index in [1.165, 1.54) is 11.3 Å². The van der Waals surface area contributed by atoms with Crippen molar-refractivity contribution < 1.29 is 13.2 Å². The molecule has 0 fully saturated rings. The Morgan fingerprint density at radius 1 is 0.971 bits per heavy atom. The molecule has 35 heavy (non-hydrogen) atoms. The average Bonchev–Trinajstić information content (AvgIpc) is 3.20. The zero-order chi connectivity index (χ0) is 25.8. The highest BCUT2D eigenvalue weighted by Crippen LogP contribution is 2.30. The molecular weight excluding hydrogens is 480 g/mol. The number of rotatable bonds is 11. The monoisotopic (exact) mass is 516 g/mol. The summed E-state index contributed by atoms with van der Waals surface area (Å²) in [6, 6.07) is 12.5. The molecule has 0 atom stereocenters. The van der Waals surface area contributed by atoms with Gasteiger partial charge in [0.05, 0.1) is 15.1 Å². The van der Waals surface area contributed by atoms with Gasteiger partial charge in [0, 0.05) is 37.4 Å². The summed E-state index contributed by atoms with van der Waals surface area (Å²) in [5, 5.41) is 3.29. The largest absolute Gasteiger partial charge is 0.372 e. The van der Waals surface area contributed by atoms with Crippen LogP contribution in [0.15, 0.2) is 47.4 Å². The molecule has 0 unspecified atom stereocenters. The van der Waals surface area contributed by atoms with Crippen LogP contribution in [-0.4, -0.2) is 49.8 Å². The second-order valence-electron chi connectivity index (χ2n) is 9.43. The number of carbonyl (C=O) groups excluding carboxylic acids is 1. The minimum absolute atomic E-state index is 0.221. The van der Waals surface area contributed by atoms with Gasteiger partial charge < -0.3 is 4.90 Å². The van der Waals surface area contributed by atoms with Crippen molar-refractivity contribution in [3.8, 4) is 0 Å². The number of thiazole rings is 1. The zero-order valence-corrected chi connectivity index (χ0v) is 23.0. The summed E-state index contributed by atoms with van der Waals surface area (Å²) < 4.78 is 29.0. The van der Waals surface area contributed by atoms with Crippen molar-refractivity contribution in [2.75, 3.05) is 36.4 Å². The third-order valence-corrected chi connectivity index (χ3v) is 8.38. The van der Waals surface area contributed by atoms with Gasteiger partial charge in [0.25, 0.3) is 5.91 Å². The van der Waals surface area contributed by atoms with Crippen LogP contribution in [0.5, 0.6) is 0 Å². The first kappa shape index (κ1) is 27.1. The second-order valence-corrected chi connectivity index (χ2v) is 12.4.